The number of ketones is 1. The molecule has 1 aromatic carbocycles. The lowest BCUT2D eigenvalue weighted by Gasteiger charge is -2.14. The molecule has 5 nitrogen and oxygen atoms in total. The summed E-state index contributed by atoms with van der Waals surface area (Å²) in [5, 5.41) is 8.69. The second-order valence-electron chi connectivity index (χ2n) is 6.13. The fourth-order valence-corrected chi connectivity index (χ4v) is 2.79. The number of unbranched alkanes of at least 4 members (excludes halogenated alkanes) is 3. The van der Waals surface area contributed by atoms with Crippen molar-refractivity contribution in [3.63, 3.8) is 0 Å². The van der Waals surface area contributed by atoms with Gasteiger partial charge in [-0.2, -0.15) is 0 Å². The number of benzene rings is 1. The van der Waals surface area contributed by atoms with E-state index in [4.69, 9.17) is 14.6 Å². The van der Waals surface area contributed by atoms with Crippen molar-refractivity contribution in [3.8, 4) is 11.5 Å². The monoisotopic (exact) mass is 334 g/mol. The molecule has 0 atom stereocenters. The number of Topliss-reactive ketones (excluding diaryl/α,β-unsaturated/α-hetero) is 1. The van der Waals surface area contributed by atoms with Crippen LogP contribution in [0, 0.1) is 0 Å². The van der Waals surface area contributed by atoms with Crippen LogP contribution in [0.5, 0.6) is 11.5 Å². The van der Waals surface area contributed by atoms with Crippen LogP contribution in [0.1, 0.15) is 67.8 Å². The highest BCUT2D eigenvalue weighted by molar-refractivity contribution is 6.01. The van der Waals surface area contributed by atoms with E-state index >= 15 is 0 Å². The van der Waals surface area contributed by atoms with Crippen LogP contribution in [0.25, 0.3) is 0 Å². The normalized spacial score (nSPS) is 13.0. The molecule has 0 bridgehead atoms. The van der Waals surface area contributed by atoms with Crippen molar-refractivity contribution in [1.82, 2.24) is 0 Å². The summed E-state index contributed by atoms with van der Waals surface area (Å²) in [7, 11) is 0. The lowest BCUT2D eigenvalue weighted by atomic mass is 10.1. The number of carbonyl (C=O) groups is 2. The van der Waals surface area contributed by atoms with E-state index in [1.807, 2.05) is 6.07 Å². The van der Waals surface area contributed by atoms with Gasteiger partial charge < -0.3 is 14.6 Å². The predicted octanol–water partition coefficient (Wildman–Crippen LogP) is 4.02. The highest BCUT2D eigenvalue weighted by atomic mass is 16.5. The van der Waals surface area contributed by atoms with E-state index in [1.165, 1.54) is 12.8 Å². The van der Waals surface area contributed by atoms with Gasteiger partial charge >= 0.3 is 5.97 Å². The quantitative estimate of drug-likeness (QED) is 0.619. The molecule has 1 aromatic rings. The zero-order chi connectivity index (χ0) is 17.4. The first-order valence-electron chi connectivity index (χ1n) is 8.79. The summed E-state index contributed by atoms with van der Waals surface area (Å²) in [5.41, 5.74) is 1.73. The number of hydrogen-bond donors (Lipinski definition) is 1. The first-order valence-corrected chi connectivity index (χ1v) is 8.79. The van der Waals surface area contributed by atoms with Crippen LogP contribution in [0.2, 0.25) is 0 Å². The van der Waals surface area contributed by atoms with Crippen LogP contribution < -0.4 is 9.47 Å². The lowest BCUT2D eigenvalue weighted by Crippen LogP contribution is -2.06. The van der Waals surface area contributed by atoms with E-state index < -0.39 is 5.97 Å². The molecule has 0 aromatic heterocycles. The number of hydrogen-bond acceptors (Lipinski definition) is 4. The summed E-state index contributed by atoms with van der Waals surface area (Å²) in [6.07, 6.45) is 6.28. The van der Waals surface area contributed by atoms with E-state index in [0.717, 1.165) is 24.8 Å². The second-order valence-corrected chi connectivity index (χ2v) is 6.13. The van der Waals surface area contributed by atoms with Gasteiger partial charge in [-0.05, 0) is 37.0 Å². The van der Waals surface area contributed by atoms with Crippen molar-refractivity contribution in [1.29, 1.82) is 0 Å². The Bertz CT molecular complexity index is 579. The van der Waals surface area contributed by atoms with Crippen LogP contribution in [-0.2, 0) is 11.2 Å². The molecule has 24 heavy (non-hydrogen) atoms. The van der Waals surface area contributed by atoms with Gasteiger partial charge in [0.2, 0.25) is 0 Å². The molecule has 0 radical (unpaired) electrons. The summed E-state index contributed by atoms with van der Waals surface area (Å²) in [5.74, 6) is 0.505. The fourth-order valence-electron chi connectivity index (χ4n) is 2.79. The number of fused-ring (bicyclic) bond motifs is 1. The average Bonchev–Trinajstić information content (AvgIpc) is 2.91. The van der Waals surface area contributed by atoms with Crippen molar-refractivity contribution in [3.05, 3.63) is 23.3 Å². The largest absolute Gasteiger partial charge is 0.490 e. The molecule has 0 unspecified atom stereocenters. The molecular weight excluding hydrogens is 308 g/mol. The highest BCUT2D eigenvalue weighted by Gasteiger charge is 2.23. The molecule has 0 amide bonds. The maximum absolute atomic E-state index is 11.9. The summed E-state index contributed by atoms with van der Waals surface area (Å²) in [4.78, 5) is 22.5. The fraction of sp³-hybridized carbons (Fsp3) is 0.579. The van der Waals surface area contributed by atoms with Crippen LogP contribution in [0.4, 0.5) is 0 Å². The Kier molecular flexibility index (Phi) is 7.09. The number of rotatable bonds is 11. The van der Waals surface area contributed by atoms with Gasteiger partial charge in [-0.25, -0.2) is 0 Å². The van der Waals surface area contributed by atoms with Crippen LogP contribution in [-0.4, -0.2) is 30.1 Å². The van der Waals surface area contributed by atoms with E-state index in [1.54, 1.807) is 6.07 Å². The Hall–Kier alpha value is -2.04. The van der Waals surface area contributed by atoms with Gasteiger partial charge in [0.25, 0.3) is 0 Å². The third kappa shape index (κ3) is 5.25. The van der Waals surface area contributed by atoms with Crippen molar-refractivity contribution in [2.45, 2.75) is 58.3 Å². The van der Waals surface area contributed by atoms with E-state index in [2.05, 4.69) is 6.92 Å². The third-order valence-corrected chi connectivity index (χ3v) is 4.14. The highest BCUT2D eigenvalue weighted by Crippen LogP contribution is 2.35. The van der Waals surface area contributed by atoms with Crippen molar-refractivity contribution < 1.29 is 24.2 Å². The Morgan fingerprint density at radius 2 is 1.75 bits per heavy atom. The maximum atomic E-state index is 11.9. The first-order chi connectivity index (χ1) is 11.6. The van der Waals surface area contributed by atoms with Gasteiger partial charge in [0, 0.05) is 18.4 Å². The standard InChI is InChI=1S/C19H26O5/c1-2-3-4-5-10-23-17-12-14-8-9-16(20)15(14)13-18(17)24-11-6-7-19(21)22/h12-13H,2-11H2,1H3,(H,21,22). The number of carbonyl (C=O) groups excluding carboxylic acids is 1. The average molecular weight is 334 g/mol. The smallest absolute Gasteiger partial charge is 0.303 e. The minimum atomic E-state index is -0.838. The number of aliphatic carboxylic acids is 1. The zero-order valence-electron chi connectivity index (χ0n) is 14.3. The van der Waals surface area contributed by atoms with Crippen molar-refractivity contribution in [2.75, 3.05) is 13.2 Å². The van der Waals surface area contributed by atoms with Crippen LogP contribution in [0.15, 0.2) is 12.1 Å². The summed E-state index contributed by atoms with van der Waals surface area (Å²) in [6.45, 7) is 3.09. The molecule has 5 heteroatoms. The molecule has 2 rings (SSSR count). The van der Waals surface area contributed by atoms with Gasteiger partial charge in [-0.1, -0.05) is 26.2 Å². The first kappa shape index (κ1) is 18.3. The van der Waals surface area contributed by atoms with Gasteiger partial charge in [-0.3, -0.25) is 9.59 Å². The van der Waals surface area contributed by atoms with Gasteiger partial charge in [0.05, 0.1) is 13.2 Å². The SMILES string of the molecule is CCCCCCOc1cc2c(cc1OCCCC(=O)O)C(=O)CC2. The summed E-state index contributed by atoms with van der Waals surface area (Å²) >= 11 is 0. The lowest BCUT2D eigenvalue weighted by molar-refractivity contribution is -0.137. The number of carboxylic acid groups (broad SMARTS) is 1. The molecule has 1 aliphatic carbocycles. The third-order valence-electron chi connectivity index (χ3n) is 4.14. The zero-order valence-corrected chi connectivity index (χ0v) is 14.3. The van der Waals surface area contributed by atoms with Gasteiger partial charge in [0.1, 0.15) is 0 Å². The van der Waals surface area contributed by atoms with Crippen LogP contribution in [0.3, 0.4) is 0 Å². The molecule has 1 aliphatic rings. The molecular formula is C19H26O5. The topological polar surface area (TPSA) is 72.8 Å². The Labute approximate surface area is 143 Å². The maximum Gasteiger partial charge on any atom is 0.303 e. The van der Waals surface area contributed by atoms with Crippen molar-refractivity contribution >= 4 is 11.8 Å². The molecule has 0 saturated heterocycles. The van der Waals surface area contributed by atoms with Gasteiger partial charge in [0.15, 0.2) is 17.3 Å². The van der Waals surface area contributed by atoms with E-state index in [9.17, 15) is 9.59 Å². The summed E-state index contributed by atoms with van der Waals surface area (Å²) < 4.78 is 11.6. The number of aryl methyl sites for hydroxylation is 1. The predicted molar refractivity (Wildman–Crippen MR) is 91.1 cm³/mol. The van der Waals surface area contributed by atoms with Crippen LogP contribution >= 0.6 is 0 Å². The molecule has 0 aliphatic heterocycles. The minimum absolute atomic E-state index is 0.0665. The number of ether oxygens (including phenoxy) is 2. The minimum Gasteiger partial charge on any atom is -0.490 e. The second kappa shape index (κ2) is 9.30. The Balaban J connectivity index is 2.00. The number of carboxylic acids is 1. The van der Waals surface area contributed by atoms with Gasteiger partial charge in [-0.15, -0.1) is 0 Å². The summed E-state index contributed by atoms with van der Waals surface area (Å²) in [6, 6.07) is 3.67. The van der Waals surface area contributed by atoms with E-state index in [0.29, 0.717) is 43.1 Å². The molecule has 0 saturated carbocycles. The molecule has 0 fully saturated rings. The van der Waals surface area contributed by atoms with E-state index in [-0.39, 0.29) is 12.2 Å². The van der Waals surface area contributed by atoms with Crippen molar-refractivity contribution in [2.24, 2.45) is 0 Å². The Morgan fingerprint density at radius 3 is 2.46 bits per heavy atom. The molecule has 0 spiro atoms. The molecule has 0 heterocycles. The molecule has 1 N–H and O–H groups in total. The Morgan fingerprint density at radius 1 is 1.04 bits per heavy atom. The molecule has 132 valence electrons.